The highest BCUT2D eigenvalue weighted by molar-refractivity contribution is 6.62. The predicted molar refractivity (Wildman–Crippen MR) is 74.8 cm³/mol. The van der Waals surface area contributed by atoms with E-state index < -0.39 is 7.12 Å². The number of nitrogens with zero attached hydrogens (tertiary/aromatic N) is 1. The second-order valence-electron chi connectivity index (χ2n) is 6.07. The maximum atomic E-state index is 11.1. The molecule has 1 aliphatic rings. The Labute approximate surface area is 114 Å². The minimum Gasteiger partial charge on any atom is -0.399 e. The van der Waals surface area contributed by atoms with Crippen molar-refractivity contribution in [1.82, 2.24) is 4.98 Å². The fraction of sp³-hybridized carbons (Fsp3) is 0.571. The lowest BCUT2D eigenvalue weighted by atomic mass is 9.76. The summed E-state index contributed by atoms with van der Waals surface area (Å²) in [5.74, 6) is 0. The predicted octanol–water partition coefficient (Wildman–Crippen LogP) is 1.81. The topological polar surface area (TPSA) is 48.4 Å². The number of pyridine rings is 1. The minimum absolute atomic E-state index is 0.386. The van der Waals surface area contributed by atoms with E-state index in [0.29, 0.717) is 5.69 Å². The summed E-state index contributed by atoms with van der Waals surface area (Å²) in [6.45, 7) is 11.8. The van der Waals surface area contributed by atoms with Crippen LogP contribution in [0.5, 0.6) is 0 Å². The standard InChI is InChI=1S/C14H20BNO3/c1-9-7-11(10(2)12(8-17)16-9)15-18-13(3,4)14(5,6)19-15/h7-8H,1-6H3. The number of aromatic nitrogens is 1. The molecule has 0 bridgehead atoms. The van der Waals surface area contributed by atoms with E-state index in [-0.39, 0.29) is 11.2 Å². The molecule has 5 heteroatoms. The molecule has 0 N–H and O–H groups in total. The van der Waals surface area contributed by atoms with E-state index in [1.54, 1.807) is 0 Å². The highest BCUT2D eigenvalue weighted by Crippen LogP contribution is 2.36. The first-order chi connectivity index (χ1) is 8.68. The van der Waals surface area contributed by atoms with Crippen molar-refractivity contribution in [3.05, 3.63) is 23.0 Å². The highest BCUT2D eigenvalue weighted by atomic mass is 16.7. The smallest absolute Gasteiger partial charge is 0.399 e. The summed E-state index contributed by atoms with van der Waals surface area (Å²) in [4.78, 5) is 15.3. The van der Waals surface area contributed by atoms with Crippen molar-refractivity contribution < 1.29 is 14.1 Å². The Bertz CT molecular complexity index is 510. The molecule has 1 saturated heterocycles. The average molecular weight is 261 g/mol. The van der Waals surface area contributed by atoms with Gasteiger partial charge in [0.15, 0.2) is 6.29 Å². The van der Waals surface area contributed by atoms with Gasteiger partial charge in [-0.15, -0.1) is 0 Å². The van der Waals surface area contributed by atoms with Gasteiger partial charge in [0.2, 0.25) is 0 Å². The molecule has 2 rings (SSSR count). The Morgan fingerprint density at radius 2 is 1.68 bits per heavy atom. The first kappa shape index (κ1) is 14.2. The molecule has 2 heterocycles. The molecule has 0 aromatic carbocycles. The molecule has 1 aliphatic heterocycles. The van der Waals surface area contributed by atoms with Gasteiger partial charge in [0.1, 0.15) is 5.69 Å². The Balaban J connectivity index is 2.45. The molecule has 0 unspecified atom stereocenters. The first-order valence-corrected chi connectivity index (χ1v) is 6.47. The highest BCUT2D eigenvalue weighted by Gasteiger charge is 2.52. The van der Waals surface area contributed by atoms with Gasteiger partial charge in [0.05, 0.1) is 11.2 Å². The molecule has 19 heavy (non-hydrogen) atoms. The van der Waals surface area contributed by atoms with Crippen LogP contribution in [-0.4, -0.2) is 29.6 Å². The van der Waals surface area contributed by atoms with Gasteiger partial charge in [-0.3, -0.25) is 9.78 Å². The van der Waals surface area contributed by atoms with E-state index in [1.807, 2.05) is 47.6 Å². The van der Waals surface area contributed by atoms with Gasteiger partial charge in [0.25, 0.3) is 0 Å². The summed E-state index contributed by atoms with van der Waals surface area (Å²) in [6.07, 6.45) is 0.775. The first-order valence-electron chi connectivity index (χ1n) is 6.47. The lowest BCUT2D eigenvalue weighted by molar-refractivity contribution is 0.00578. The molecule has 0 amide bonds. The van der Waals surface area contributed by atoms with E-state index in [2.05, 4.69) is 4.98 Å². The fourth-order valence-corrected chi connectivity index (χ4v) is 2.12. The number of carbonyl (C=O) groups excluding carboxylic acids is 1. The Morgan fingerprint density at radius 3 is 2.16 bits per heavy atom. The third-order valence-electron chi connectivity index (χ3n) is 4.10. The van der Waals surface area contributed by atoms with Gasteiger partial charge in [-0.1, -0.05) is 0 Å². The monoisotopic (exact) mass is 261 g/mol. The van der Waals surface area contributed by atoms with Crippen molar-refractivity contribution in [3.63, 3.8) is 0 Å². The minimum atomic E-state index is -0.453. The largest absolute Gasteiger partial charge is 0.495 e. The molecule has 0 radical (unpaired) electrons. The summed E-state index contributed by atoms with van der Waals surface area (Å²) in [5, 5.41) is 0. The van der Waals surface area contributed by atoms with E-state index in [0.717, 1.165) is 23.0 Å². The molecule has 1 fully saturated rings. The van der Waals surface area contributed by atoms with Gasteiger partial charge < -0.3 is 9.31 Å². The molecule has 0 saturated carbocycles. The van der Waals surface area contributed by atoms with Crippen LogP contribution in [0.2, 0.25) is 0 Å². The number of aldehydes is 1. The maximum absolute atomic E-state index is 11.1. The van der Waals surface area contributed by atoms with E-state index >= 15 is 0 Å². The summed E-state index contributed by atoms with van der Waals surface area (Å²) < 4.78 is 12.0. The van der Waals surface area contributed by atoms with Crippen LogP contribution >= 0.6 is 0 Å². The molecular formula is C14H20BNO3. The molecule has 1 aromatic heterocycles. The molecule has 0 spiro atoms. The number of rotatable bonds is 2. The Hall–Kier alpha value is -1.20. The van der Waals surface area contributed by atoms with E-state index in [1.165, 1.54) is 0 Å². The van der Waals surface area contributed by atoms with Crippen molar-refractivity contribution in [2.45, 2.75) is 52.7 Å². The normalized spacial score (nSPS) is 20.6. The van der Waals surface area contributed by atoms with Crippen LogP contribution in [0.1, 0.15) is 49.4 Å². The summed E-state index contributed by atoms with van der Waals surface area (Å²) in [6, 6.07) is 1.92. The Kier molecular flexibility index (Phi) is 3.31. The average Bonchev–Trinajstić information content (AvgIpc) is 2.50. The number of hydrogen-bond donors (Lipinski definition) is 0. The zero-order valence-corrected chi connectivity index (χ0v) is 12.4. The van der Waals surface area contributed by atoms with Crippen LogP contribution in [0.25, 0.3) is 0 Å². The lowest BCUT2D eigenvalue weighted by Gasteiger charge is -2.32. The second-order valence-corrected chi connectivity index (χ2v) is 6.07. The number of aryl methyl sites for hydroxylation is 1. The van der Waals surface area contributed by atoms with Crippen LogP contribution in [0.4, 0.5) is 0 Å². The third-order valence-corrected chi connectivity index (χ3v) is 4.10. The summed E-state index contributed by atoms with van der Waals surface area (Å²) >= 11 is 0. The SMILES string of the molecule is Cc1cc(B2OC(C)(C)C(C)(C)O2)c(C)c(C=O)n1. The molecule has 1 aromatic rings. The third kappa shape index (κ3) is 2.32. The van der Waals surface area contributed by atoms with Crippen LogP contribution in [0, 0.1) is 13.8 Å². The molecule has 102 valence electrons. The molecule has 0 aliphatic carbocycles. The zero-order chi connectivity index (χ0) is 14.4. The Morgan fingerprint density at radius 1 is 1.16 bits per heavy atom. The van der Waals surface area contributed by atoms with Crippen molar-refractivity contribution in [2.75, 3.05) is 0 Å². The maximum Gasteiger partial charge on any atom is 0.495 e. The van der Waals surface area contributed by atoms with Crippen molar-refractivity contribution in [2.24, 2.45) is 0 Å². The van der Waals surface area contributed by atoms with Gasteiger partial charge in [-0.05, 0) is 58.6 Å². The van der Waals surface area contributed by atoms with Gasteiger partial charge >= 0.3 is 7.12 Å². The molecular weight excluding hydrogens is 241 g/mol. The zero-order valence-electron chi connectivity index (χ0n) is 12.4. The van der Waals surface area contributed by atoms with Crippen molar-refractivity contribution in [3.8, 4) is 0 Å². The number of hydrogen-bond acceptors (Lipinski definition) is 4. The van der Waals surface area contributed by atoms with Gasteiger partial charge in [-0.2, -0.15) is 0 Å². The van der Waals surface area contributed by atoms with Gasteiger partial charge in [0, 0.05) is 5.69 Å². The van der Waals surface area contributed by atoms with Crippen LogP contribution in [0.3, 0.4) is 0 Å². The lowest BCUT2D eigenvalue weighted by Crippen LogP contribution is -2.41. The van der Waals surface area contributed by atoms with Crippen LogP contribution in [0.15, 0.2) is 6.07 Å². The fourth-order valence-electron chi connectivity index (χ4n) is 2.12. The molecule has 4 nitrogen and oxygen atoms in total. The van der Waals surface area contributed by atoms with Crippen LogP contribution in [-0.2, 0) is 9.31 Å². The summed E-state index contributed by atoms with van der Waals surface area (Å²) in [7, 11) is -0.453. The van der Waals surface area contributed by atoms with E-state index in [9.17, 15) is 4.79 Å². The van der Waals surface area contributed by atoms with Crippen molar-refractivity contribution in [1.29, 1.82) is 0 Å². The number of carbonyl (C=O) groups is 1. The summed E-state index contributed by atoms with van der Waals surface area (Å²) in [5.41, 5.74) is 2.17. The quantitative estimate of drug-likeness (QED) is 0.601. The van der Waals surface area contributed by atoms with E-state index in [4.69, 9.17) is 9.31 Å². The van der Waals surface area contributed by atoms with Crippen LogP contribution < -0.4 is 5.46 Å². The van der Waals surface area contributed by atoms with Crippen molar-refractivity contribution >= 4 is 18.9 Å². The second kappa shape index (κ2) is 4.42. The molecule has 0 atom stereocenters. The van der Waals surface area contributed by atoms with Gasteiger partial charge in [-0.25, -0.2) is 0 Å².